The third kappa shape index (κ3) is 6.29. The summed E-state index contributed by atoms with van der Waals surface area (Å²) >= 11 is 6.58. The van der Waals surface area contributed by atoms with Crippen LogP contribution in [-0.2, 0) is 11.3 Å². The standard InChI is InChI=1S/C33H35ClN4O4/c1-4-35-33(40)27-12-6-10-24(31(27)34)20-37-21-25(19-36-37)26-11-7-13-28-32(26)42-18-16-38(28)30(39)15-8-17-41-29-14-5-9-22(2)23(29)3/h5-7,9-14,19,21H,4,8,15-18,20H2,1-3H3,(H,35,40). The Balaban J connectivity index is 1.27. The molecule has 42 heavy (non-hydrogen) atoms. The monoisotopic (exact) mass is 586 g/mol. The van der Waals surface area contributed by atoms with Crippen LogP contribution in [0.5, 0.6) is 11.5 Å². The van der Waals surface area contributed by atoms with Gasteiger partial charge >= 0.3 is 0 Å². The number of hydrogen-bond donors (Lipinski definition) is 1. The summed E-state index contributed by atoms with van der Waals surface area (Å²) < 4.78 is 13.8. The molecule has 0 spiro atoms. The Morgan fingerprint density at radius 3 is 2.74 bits per heavy atom. The summed E-state index contributed by atoms with van der Waals surface area (Å²) in [5.41, 5.74) is 6.01. The summed E-state index contributed by atoms with van der Waals surface area (Å²) in [6.45, 7) is 8.27. The van der Waals surface area contributed by atoms with Crippen molar-refractivity contribution in [1.82, 2.24) is 15.1 Å². The van der Waals surface area contributed by atoms with Crippen molar-refractivity contribution < 1.29 is 19.1 Å². The lowest BCUT2D eigenvalue weighted by atomic mass is 10.1. The predicted molar refractivity (Wildman–Crippen MR) is 165 cm³/mol. The first-order valence-electron chi connectivity index (χ1n) is 14.2. The van der Waals surface area contributed by atoms with E-state index < -0.39 is 0 Å². The average molecular weight is 587 g/mol. The van der Waals surface area contributed by atoms with Crippen molar-refractivity contribution in [2.24, 2.45) is 0 Å². The SMILES string of the molecule is CCNC(=O)c1cccc(Cn2cc(-c3cccc4c3OCCN4C(=O)CCCOc3cccc(C)c3C)cn2)c1Cl. The molecule has 0 atom stereocenters. The predicted octanol–water partition coefficient (Wildman–Crippen LogP) is 6.20. The zero-order chi connectivity index (χ0) is 29.6. The van der Waals surface area contributed by atoms with Gasteiger partial charge in [0.2, 0.25) is 5.91 Å². The summed E-state index contributed by atoms with van der Waals surface area (Å²) in [6, 6.07) is 17.2. The van der Waals surface area contributed by atoms with Gasteiger partial charge in [0.05, 0.1) is 42.2 Å². The van der Waals surface area contributed by atoms with Crippen LogP contribution in [0, 0.1) is 13.8 Å². The number of carbonyl (C=O) groups excluding carboxylic acids is 2. The minimum absolute atomic E-state index is 0.0404. The summed E-state index contributed by atoms with van der Waals surface area (Å²) in [5, 5.41) is 7.74. The van der Waals surface area contributed by atoms with Crippen molar-refractivity contribution in [3.8, 4) is 22.6 Å². The molecule has 3 aromatic carbocycles. The molecular weight excluding hydrogens is 552 g/mol. The fourth-order valence-electron chi connectivity index (χ4n) is 5.05. The maximum atomic E-state index is 13.3. The maximum Gasteiger partial charge on any atom is 0.252 e. The van der Waals surface area contributed by atoms with Gasteiger partial charge in [-0.2, -0.15) is 5.10 Å². The van der Waals surface area contributed by atoms with E-state index in [-0.39, 0.29) is 11.8 Å². The minimum Gasteiger partial charge on any atom is -0.493 e. The van der Waals surface area contributed by atoms with E-state index in [1.165, 1.54) is 5.56 Å². The van der Waals surface area contributed by atoms with Gasteiger partial charge in [-0.1, -0.05) is 48.0 Å². The van der Waals surface area contributed by atoms with Crippen LogP contribution >= 0.6 is 11.6 Å². The van der Waals surface area contributed by atoms with Gasteiger partial charge in [-0.3, -0.25) is 14.3 Å². The molecule has 9 heteroatoms. The number of benzene rings is 3. The number of hydrogen-bond acceptors (Lipinski definition) is 5. The number of ether oxygens (including phenoxy) is 2. The smallest absolute Gasteiger partial charge is 0.252 e. The molecule has 0 radical (unpaired) electrons. The number of aryl methyl sites for hydroxylation is 1. The fraction of sp³-hybridized carbons (Fsp3) is 0.303. The first-order valence-corrected chi connectivity index (χ1v) is 14.6. The topological polar surface area (TPSA) is 85.7 Å². The highest BCUT2D eigenvalue weighted by Gasteiger charge is 2.26. The molecule has 8 nitrogen and oxygen atoms in total. The van der Waals surface area contributed by atoms with Gasteiger partial charge in [-0.25, -0.2) is 0 Å². The second-order valence-corrected chi connectivity index (χ2v) is 10.6. The molecule has 1 aliphatic rings. The Bertz CT molecular complexity index is 1600. The van der Waals surface area contributed by atoms with Gasteiger partial charge in [0, 0.05) is 30.3 Å². The molecule has 1 aromatic heterocycles. The second kappa shape index (κ2) is 13.1. The van der Waals surface area contributed by atoms with Crippen molar-refractivity contribution >= 4 is 29.1 Å². The van der Waals surface area contributed by atoms with Crippen molar-refractivity contribution in [1.29, 1.82) is 0 Å². The Morgan fingerprint density at radius 2 is 1.90 bits per heavy atom. The normalized spacial score (nSPS) is 12.4. The van der Waals surface area contributed by atoms with E-state index in [0.29, 0.717) is 62.0 Å². The molecule has 2 amide bonds. The van der Waals surface area contributed by atoms with Gasteiger partial charge in [-0.15, -0.1) is 0 Å². The average Bonchev–Trinajstić information content (AvgIpc) is 3.46. The number of nitrogens with zero attached hydrogens (tertiary/aromatic N) is 3. The van der Waals surface area contributed by atoms with Crippen LogP contribution in [0.15, 0.2) is 67.0 Å². The molecular formula is C33H35ClN4O4. The quantitative estimate of drug-likeness (QED) is 0.224. The number of amides is 2. The molecule has 1 aliphatic heterocycles. The molecule has 0 saturated carbocycles. The van der Waals surface area contributed by atoms with Crippen molar-refractivity contribution in [3.05, 3.63) is 94.3 Å². The number of para-hydroxylation sites is 1. The van der Waals surface area contributed by atoms with Crippen LogP contribution in [-0.4, -0.2) is 47.9 Å². The summed E-state index contributed by atoms with van der Waals surface area (Å²) in [4.78, 5) is 27.4. The summed E-state index contributed by atoms with van der Waals surface area (Å²) in [5.74, 6) is 1.37. The minimum atomic E-state index is -0.202. The molecule has 1 N–H and O–H groups in total. The van der Waals surface area contributed by atoms with Crippen LogP contribution < -0.4 is 19.7 Å². The molecule has 2 heterocycles. The number of halogens is 1. The highest BCUT2D eigenvalue weighted by molar-refractivity contribution is 6.34. The molecule has 0 unspecified atom stereocenters. The maximum absolute atomic E-state index is 13.3. The van der Waals surface area contributed by atoms with Crippen LogP contribution in [0.1, 0.15) is 46.8 Å². The van der Waals surface area contributed by atoms with Gasteiger partial charge in [0.1, 0.15) is 12.4 Å². The second-order valence-electron chi connectivity index (χ2n) is 10.3. The van der Waals surface area contributed by atoms with Crippen molar-refractivity contribution in [2.75, 3.05) is 31.2 Å². The molecule has 4 aromatic rings. The van der Waals surface area contributed by atoms with Crippen LogP contribution in [0.25, 0.3) is 11.1 Å². The van der Waals surface area contributed by atoms with Crippen molar-refractivity contribution in [3.63, 3.8) is 0 Å². The fourth-order valence-corrected chi connectivity index (χ4v) is 5.32. The molecule has 0 fully saturated rings. The van der Waals surface area contributed by atoms with Crippen LogP contribution in [0.4, 0.5) is 5.69 Å². The third-order valence-electron chi connectivity index (χ3n) is 7.43. The lowest BCUT2D eigenvalue weighted by molar-refractivity contribution is -0.119. The van der Waals surface area contributed by atoms with Gasteiger partial charge in [-0.05, 0) is 62.1 Å². The zero-order valence-electron chi connectivity index (χ0n) is 24.2. The van der Waals surface area contributed by atoms with Crippen LogP contribution in [0.2, 0.25) is 5.02 Å². The van der Waals surface area contributed by atoms with E-state index in [1.807, 2.05) is 62.5 Å². The van der Waals surface area contributed by atoms with Crippen molar-refractivity contribution in [2.45, 2.75) is 40.2 Å². The molecule has 218 valence electrons. The van der Waals surface area contributed by atoms with Gasteiger partial charge in [0.25, 0.3) is 5.91 Å². The number of fused-ring (bicyclic) bond motifs is 1. The van der Waals surface area contributed by atoms with Crippen LogP contribution in [0.3, 0.4) is 0 Å². The number of nitrogens with one attached hydrogen (secondary N) is 1. The molecule has 0 bridgehead atoms. The third-order valence-corrected chi connectivity index (χ3v) is 7.88. The van der Waals surface area contributed by atoms with Gasteiger partial charge in [0.15, 0.2) is 5.75 Å². The van der Waals surface area contributed by atoms with E-state index in [4.69, 9.17) is 21.1 Å². The van der Waals surface area contributed by atoms with E-state index in [1.54, 1.807) is 21.8 Å². The molecule has 0 aliphatic carbocycles. The zero-order valence-corrected chi connectivity index (χ0v) is 24.9. The summed E-state index contributed by atoms with van der Waals surface area (Å²) in [7, 11) is 0. The van der Waals surface area contributed by atoms with E-state index in [0.717, 1.165) is 33.7 Å². The van der Waals surface area contributed by atoms with Gasteiger partial charge < -0.3 is 19.7 Å². The number of carbonyl (C=O) groups is 2. The molecule has 5 rings (SSSR count). The largest absolute Gasteiger partial charge is 0.493 e. The first-order chi connectivity index (χ1) is 20.4. The lowest BCUT2D eigenvalue weighted by Crippen LogP contribution is -2.38. The van der Waals surface area contributed by atoms with E-state index >= 15 is 0 Å². The highest BCUT2D eigenvalue weighted by atomic mass is 35.5. The highest BCUT2D eigenvalue weighted by Crippen LogP contribution is 2.41. The number of anilines is 1. The first kappa shape index (κ1) is 29.2. The number of rotatable bonds is 10. The lowest BCUT2D eigenvalue weighted by Gasteiger charge is -2.31. The number of aromatic nitrogens is 2. The van der Waals surface area contributed by atoms with E-state index in [9.17, 15) is 9.59 Å². The Labute approximate surface area is 251 Å². The Kier molecular flexibility index (Phi) is 9.12. The van der Waals surface area contributed by atoms with E-state index in [2.05, 4.69) is 23.4 Å². The Morgan fingerprint density at radius 1 is 1.10 bits per heavy atom. The Hall–Kier alpha value is -4.30. The molecule has 0 saturated heterocycles. The summed E-state index contributed by atoms with van der Waals surface area (Å²) in [6.07, 6.45) is 4.68.